The molecule has 1 aliphatic rings. The average molecular weight is 364 g/mol. The minimum Gasteiger partial charge on any atom is -0.268 e. The van der Waals surface area contributed by atoms with Crippen LogP contribution in [-0.2, 0) is 11.3 Å². The quantitative estimate of drug-likeness (QED) is 0.700. The summed E-state index contributed by atoms with van der Waals surface area (Å²) in [6.07, 6.45) is 1.69. The molecule has 3 nitrogen and oxygen atoms in total. The molecule has 1 aliphatic heterocycles. The summed E-state index contributed by atoms with van der Waals surface area (Å²) in [5.74, 6) is -0.310. The molecular formula is C17H11Cl2NO2S. The molecule has 0 N–H and O–H groups in total. The molecule has 0 radical (unpaired) electrons. The molecule has 1 saturated heterocycles. The van der Waals surface area contributed by atoms with E-state index in [0.29, 0.717) is 15.0 Å². The molecule has 2 aromatic carbocycles. The summed E-state index contributed by atoms with van der Waals surface area (Å²) in [4.78, 5) is 26.2. The van der Waals surface area contributed by atoms with Crippen LogP contribution in [0.4, 0.5) is 4.79 Å². The Kier molecular flexibility index (Phi) is 4.76. The summed E-state index contributed by atoms with van der Waals surface area (Å²) in [7, 11) is 0. The Morgan fingerprint density at radius 2 is 1.70 bits per heavy atom. The topological polar surface area (TPSA) is 37.4 Å². The Morgan fingerprint density at radius 1 is 1.00 bits per heavy atom. The van der Waals surface area contributed by atoms with Crippen molar-refractivity contribution in [3.8, 4) is 0 Å². The molecule has 23 heavy (non-hydrogen) atoms. The lowest BCUT2D eigenvalue weighted by Gasteiger charge is -2.13. The van der Waals surface area contributed by atoms with Gasteiger partial charge in [-0.2, -0.15) is 0 Å². The van der Waals surface area contributed by atoms with Gasteiger partial charge in [-0.15, -0.1) is 0 Å². The first-order valence-electron chi connectivity index (χ1n) is 6.79. The van der Waals surface area contributed by atoms with E-state index in [0.717, 1.165) is 22.9 Å². The monoisotopic (exact) mass is 363 g/mol. The number of rotatable bonds is 3. The van der Waals surface area contributed by atoms with Crippen molar-refractivity contribution in [2.24, 2.45) is 0 Å². The van der Waals surface area contributed by atoms with Gasteiger partial charge in [0.2, 0.25) is 0 Å². The zero-order chi connectivity index (χ0) is 16.4. The number of hydrogen-bond donors (Lipinski definition) is 0. The van der Waals surface area contributed by atoms with E-state index in [1.807, 2.05) is 6.07 Å². The Morgan fingerprint density at radius 3 is 2.39 bits per heavy atom. The predicted octanol–water partition coefficient (Wildman–Crippen LogP) is 5.23. The second-order valence-electron chi connectivity index (χ2n) is 4.91. The van der Waals surface area contributed by atoms with Crippen LogP contribution in [0.15, 0.2) is 53.4 Å². The van der Waals surface area contributed by atoms with E-state index in [1.54, 1.807) is 48.5 Å². The third kappa shape index (κ3) is 3.61. The van der Waals surface area contributed by atoms with Gasteiger partial charge in [0.1, 0.15) is 0 Å². The van der Waals surface area contributed by atoms with Crippen LogP contribution in [0.5, 0.6) is 0 Å². The lowest BCUT2D eigenvalue weighted by molar-refractivity contribution is -0.123. The van der Waals surface area contributed by atoms with E-state index >= 15 is 0 Å². The van der Waals surface area contributed by atoms with Crippen molar-refractivity contribution in [2.75, 3.05) is 0 Å². The molecule has 0 unspecified atom stereocenters. The first-order chi connectivity index (χ1) is 11.0. The van der Waals surface area contributed by atoms with Crippen LogP contribution in [0, 0.1) is 0 Å². The largest absolute Gasteiger partial charge is 0.293 e. The highest BCUT2D eigenvalue weighted by Gasteiger charge is 2.35. The molecule has 116 valence electrons. The van der Waals surface area contributed by atoms with Crippen LogP contribution in [-0.4, -0.2) is 16.0 Å². The maximum Gasteiger partial charge on any atom is 0.293 e. The summed E-state index contributed by atoms with van der Waals surface area (Å²) in [5, 5.41) is 0.859. The molecule has 0 saturated carbocycles. The molecule has 1 fully saturated rings. The van der Waals surface area contributed by atoms with Gasteiger partial charge in [-0.1, -0.05) is 53.5 Å². The SMILES string of the molecule is O=C1S/C(=C\c2ccc(Cl)cc2)C(=O)N1Cc1ccccc1Cl. The lowest BCUT2D eigenvalue weighted by Crippen LogP contribution is -2.27. The summed E-state index contributed by atoms with van der Waals surface area (Å²) in [6, 6.07) is 14.2. The van der Waals surface area contributed by atoms with Crippen LogP contribution < -0.4 is 0 Å². The van der Waals surface area contributed by atoms with E-state index in [2.05, 4.69) is 0 Å². The van der Waals surface area contributed by atoms with E-state index in [-0.39, 0.29) is 17.7 Å². The van der Waals surface area contributed by atoms with E-state index in [1.165, 1.54) is 4.90 Å². The number of hydrogen-bond acceptors (Lipinski definition) is 3. The number of amides is 2. The lowest BCUT2D eigenvalue weighted by atomic mass is 10.2. The van der Waals surface area contributed by atoms with E-state index in [4.69, 9.17) is 23.2 Å². The van der Waals surface area contributed by atoms with Gasteiger partial charge < -0.3 is 0 Å². The van der Waals surface area contributed by atoms with Crippen LogP contribution >= 0.6 is 35.0 Å². The maximum absolute atomic E-state index is 12.4. The smallest absolute Gasteiger partial charge is 0.268 e. The first kappa shape index (κ1) is 16.1. The average Bonchev–Trinajstić information content (AvgIpc) is 2.79. The van der Waals surface area contributed by atoms with Crippen molar-refractivity contribution >= 4 is 52.2 Å². The number of imide groups is 1. The Labute approximate surface area is 147 Å². The number of nitrogens with zero attached hydrogens (tertiary/aromatic N) is 1. The van der Waals surface area contributed by atoms with Gasteiger partial charge >= 0.3 is 0 Å². The standard InChI is InChI=1S/C17H11Cl2NO2S/c18-13-7-5-11(6-8-13)9-15-16(21)20(17(22)23-15)10-12-3-1-2-4-14(12)19/h1-9H,10H2/b15-9-. The molecular weight excluding hydrogens is 353 g/mol. The fourth-order valence-corrected chi connectivity index (χ4v) is 3.30. The number of thioether (sulfide) groups is 1. The van der Waals surface area contributed by atoms with Crippen molar-refractivity contribution in [2.45, 2.75) is 6.54 Å². The van der Waals surface area contributed by atoms with Gasteiger partial charge in [-0.25, -0.2) is 0 Å². The molecule has 2 aromatic rings. The first-order valence-corrected chi connectivity index (χ1v) is 8.36. The van der Waals surface area contributed by atoms with Crippen LogP contribution in [0.3, 0.4) is 0 Å². The third-order valence-corrected chi connectivity index (χ3v) is 4.86. The second-order valence-corrected chi connectivity index (χ2v) is 6.75. The van der Waals surface area contributed by atoms with Crippen LogP contribution in [0.1, 0.15) is 11.1 Å². The Balaban J connectivity index is 1.82. The highest BCUT2D eigenvalue weighted by Crippen LogP contribution is 2.34. The molecule has 1 heterocycles. The van der Waals surface area contributed by atoms with Gasteiger partial charge in [-0.05, 0) is 47.2 Å². The number of carbonyl (C=O) groups excluding carboxylic acids is 2. The number of carbonyl (C=O) groups is 2. The second kappa shape index (κ2) is 6.79. The fraction of sp³-hybridized carbons (Fsp3) is 0.0588. The maximum atomic E-state index is 12.4. The molecule has 3 rings (SSSR count). The van der Waals surface area contributed by atoms with Crippen molar-refractivity contribution < 1.29 is 9.59 Å². The number of benzene rings is 2. The van der Waals surface area contributed by atoms with E-state index < -0.39 is 0 Å². The Bertz CT molecular complexity index is 802. The molecule has 0 bridgehead atoms. The fourth-order valence-electron chi connectivity index (χ4n) is 2.14. The predicted molar refractivity (Wildman–Crippen MR) is 94.4 cm³/mol. The van der Waals surface area contributed by atoms with Crippen molar-refractivity contribution in [3.05, 3.63) is 74.6 Å². The molecule has 0 spiro atoms. The van der Waals surface area contributed by atoms with Gasteiger partial charge in [0.15, 0.2) is 0 Å². The van der Waals surface area contributed by atoms with Crippen LogP contribution in [0.25, 0.3) is 6.08 Å². The van der Waals surface area contributed by atoms with Gasteiger partial charge in [0.05, 0.1) is 11.4 Å². The summed E-state index contributed by atoms with van der Waals surface area (Å²) >= 11 is 12.9. The zero-order valence-electron chi connectivity index (χ0n) is 11.8. The van der Waals surface area contributed by atoms with Crippen molar-refractivity contribution in [3.63, 3.8) is 0 Å². The third-order valence-electron chi connectivity index (χ3n) is 3.33. The Hall–Kier alpha value is -1.75. The van der Waals surface area contributed by atoms with Crippen LogP contribution in [0.2, 0.25) is 10.0 Å². The molecule has 6 heteroatoms. The molecule has 0 atom stereocenters. The molecule has 0 aromatic heterocycles. The van der Waals surface area contributed by atoms with Crippen molar-refractivity contribution in [1.29, 1.82) is 0 Å². The normalized spacial score (nSPS) is 16.4. The molecule has 0 aliphatic carbocycles. The zero-order valence-corrected chi connectivity index (χ0v) is 14.2. The minimum absolute atomic E-state index is 0.169. The highest BCUT2D eigenvalue weighted by molar-refractivity contribution is 8.18. The van der Waals surface area contributed by atoms with Gasteiger partial charge in [0, 0.05) is 10.0 Å². The molecule has 2 amide bonds. The van der Waals surface area contributed by atoms with E-state index in [9.17, 15) is 9.59 Å². The van der Waals surface area contributed by atoms with Gasteiger partial charge in [-0.3, -0.25) is 14.5 Å². The summed E-state index contributed by atoms with van der Waals surface area (Å²) in [5.41, 5.74) is 1.56. The minimum atomic E-state index is -0.310. The van der Waals surface area contributed by atoms with Gasteiger partial charge in [0.25, 0.3) is 11.1 Å². The number of halogens is 2. The van der Waals surface area contributed by atoms with Crippen molar-refractivity contribution in [1.82, 2.24) is 4.90 Å². The highest BCUT2D eigenvalue weighted by atomic mass is 35.5. The summed E-state index contributed by atoms with van der Waals surface area (Å²) < 4.78 is 0. The summed E-state index contributed by atoms with van der Waals surface area (Å²) in [6.45, 7) is 0.169.